The van der Waals surface area contributed by atoms with E-state index in [9.17, 15) is 18.0 Å². The lowest BCUT2D eigenvalue weighted by Gasteiger charge is -2.07. The molecule has 1 amide bonds. The van der Waals surface area contributed by atoms with E-state index >= 15 is 0 Å². The zero-order chi connectivity index (χ0) is 14.6. The number of hydrogen-bond acceptors (Lipinski definition) is 4. The van der Waals surface area contributed by atoms with E-state index in [0.717, 1.165) is 0 Å². The molecule has 104 valence electrons. The van der Waals surface area contributed by atoms with Crippen molar-refractivity contribution in [3.8, 4) is 0 Å². The maximum atomic E-state index is 11.7. The smallest absolute Gasteiger partial charge is 0.304 e. The van der Waals surface area contributed by atoms with Gasteiger partial charge in [0, 0.05) is 5.56 Å². The lowest BCUT2D eigenvalue weighted by Crippen LogP contribution is -2.14. The lowest BCUT2D eigenvalue weighted by atomic mass is 10.1. The van der Waals surface area contributed by atoms with Gasteiger partial charge in [0.05, 0.1) is 17.9 Å². The third kappa shape index (κ3) is 4.70. The van der Waals surface area contributed by atoms with Crippen molar-refractivity contribution in [2.24, 2.45) is 5.73 Å². The summed E-state index contributed by atoms with van der Waals surface area (Å²) in [6.45, 7) is 1.68. The fourth-order valence-electron chi connectivity index (χ4n) is 1.56. The molecular weight excluding hydrogens is 270 g/mol. The fraction of sp³-hybridized carbons (Fsp3) is 0.333. The highest BCUT2D eigenvalue weighted by Gasteiger charge is 2.16. The number of primary amides is 1. The summed E-state index contributed by atoms with van der Waals surface area (Å²) in [5.41, 5.74) is 6.60. The van der Waals surface area contributed by atoms with Crippen LogP contribution >= 0.6 is 0 Å². The molecule has 0 unspecified atom stereocenters. The van der Waals surface area contributed by atoms with Crippen LogP contribution in [0.5, 0.6) is 0 Å². The topological polar surface area (TPSA) is 115 Å². The van der Waals surface area contributed by atoms with E-state index in [1.807, 2.05) is 0 Å². The normalized spacial score (nSPS) is 11.2. The van der Waals surface area contributed by atoms with Crippen molar-refractivity contribution < 1.29 is 23.1 Å². The van der Waals surface area contributed by atoms with Crippen molar-refractivity contribution in [2.45, 2.75) is 19.1 Å². The number of aliphatic carboxylic acids is 1. The van der Waals surface area contributed by atoms with E-state index in [1.165, 1.54) is 18.2 Å². The van der Waals surface area contributed by atoms with Gasteiger partial charge in [0.2, 0.25) is 5.91 Å². The van der Waals surface area contributed by atoms with Gasteiger partial charge in [0.1, 0.15) is 0 Å². The molecule has 19 heavy (non-hydrogen) atoms. The van der Waals surface area contributed by atoms with Crippen LogP contribution in [0, 0.1) is 6.92 Å². The molecule has 1 aromatic carbocycles. The van der Waals surface area contributed by atoms with Crippen LogP contribution in [0.4, 0.5) is 0 Å². The van der Waals surface area contributed by atoms with Gasteiger partial charge in [-0.25, -0.2) is 8.42 Å². The number of amides is 1. The maximum Gasteiger partial charge on any atom is 0.304 e. The van der Waals surface area contributed by atoms with E-state index in [0.29, 0.717) is 16.7 Å². The number of benzene rings is 1. The summed E-state index contributed by atoms with van der Waals surface area (Å²) in [5, 5.41) is 8.48. The summed E-state index contributed by atoms with van der Waals surface area (Å²) in [6.07, 6.45) is -0.416. The van der Waals surface area contributed by atoms with Gasteiger partial charge in [-0.2, -0.15) is 0 Å². The van der Waals surface area contributed by atoms with Crippen LogP contribution in [-0.2, 0) is 20.4 Å². The summed E-state index contributed by atoms with van der Waals surface area (Å²) >= 11 is 0. The minimum absolute atomic E-state index is 0.245. The average Bonchev–Trinajstić information content (AvgIpc) is 2.29. The van der Waals surface area contributed by atoms with Gasteiger partial charge in [-0.15, -0.1) is 0 Å². The molecule has 0 radical (unpaired) electrons. The highest BCUT2D eigenvalue weighted by Crippen LogP contribution is 2.15. The Bertz CT molecular complexity index is 607. The molecular formula is C12H15NO5S. The van der Waals surface area contributed by atoms with Crippen molar-refractivity contribution in [3.05, 3.63) is 34.9 Å². The predicted octanol–water partition coefficient (Wildman–Crippen LogP) is 0.483. The zero-order valence-electron chi connectivity index (χ0n) is 10.4. The Hall–Kier alpha value is -1.89. The maximum absolute atomic E-state index is 11.7. The van der Waals surface area contributed by atoms with Crippen LogP contribution < -0.4 is 5.73 Å². The monoisotopic (exact) mass is 285 g/mol. The van der Waals surface area contributed by atoms with E-state index in [-0.39, 0.29) is 5.75 Å². The highest BCUT2D eigenvalue weighted by atomic mass is 32.2. The molecule has 0 saturated carbocycles. The van der Waals surface area contributed by atoms with Crippen molar-refractivity contribution in [2.75, 3.05) is 5.75 Å². The molecule has 0 atom stereocenters. The molecule has 0 aromatic heterocycles. The number of nitrogens with two attached hydrogens (primary N) is 1. The predicted molar refractivity (Wildman–Crippen MR) is 69.4 cm³/mol. The first-order chi connectivity index (χ1) is 8.71. The van der Waals surface area contributed by atoms with Crippen LogP contribution in [0.2, 0.25) is 0 Å². The number of sulfone groups is 1. The first-order valence-corrected chi connectivity index (χ1v) is 7.35. The SMILES string of the molecule is Cc1cc(C(N)=O)ccc1CS(=O)(=O)CCC(=O)O. The summed E-state index contributed by atoms with van der Waals surface area (Å²) in [5.74, 6) is -2.38. The Labute approximate surface area is 111 Å². The number of carbonyl (C=O) groups excluding carboxylic acids is 1. The second-order valence-corrected chi connectivity index (χ2v) is 6.43. The van der Waals surface area contributed by atoms with E-state index in [2.05, 4.69) is 0 Å². The first-order valence-electron chi connectivity index (χ1n) is 5.53. The third-order valence-electron chi connectivity index (χ3n) is 2.63. The molecule has 0 spiro atoms. The third-order valence-corrected chi connectivity index (χ3v) is 4.21. The van der Waals surface area contributed by atoms with Gasteiger partial charge in [-0.05, 0) is 30.2 Å². The number of carboxylic acid groups (broad SMARTS) is 1. The second kappa shape index (κ2) is 5.83. The van der Waals surface area contributed by atoms with Crippen LogP contribution in [0.25, 0.3) is 0 Å². The van der Waals surface area contributed by atoms with Crippen LogP contribution in [0.3, 0.4) is 0 Å². The van der Waals surface area contributed by atoms with Crippen molar-refractivity contribution in [3.63, 3.8) is 0 Å². The molecule has 0 heterocycles. The molecule has 6 nitrogen and oxygen atoms in total. The van der Waals surface area contributed by atoms with Gasteiger partial charge in [-0.1, -0.05) is 6.07 Å². The van der Waals surface area contributed by atoms with Gasteiger partial charge in [0.25, 0.3) is 0 Å². The van der Waals surface area contributed by atoms with Crippen molar-refractivity contribution >= 4 is 21.7 Å². The Morgan fingerprint density at radius 2 is 1.95 bits per heavy atom. The fourth-order valence-corrected chi connectivity index (χ4v) is 2.99. The summed E-state index contributed by atoms with van der Waals surface area (Å²) in [7, 11) is -3.48. The summed E-state index contributed by atoms with van der Waals surface area (Å²) in [4.78, 5) is 21.3. The Kier molecular flexibility index (Phi) is 4.66. The summed E-state index contributed by atoms with van der Waals surface area (Å²) in [6, 6.07) is 4.50. The van der Waals surface area contributed by atoms with Gasteiger partial charge in [0.15, 0.2) is 9.84 Å². The van der Waals surface area contributed by atoms with Gasteiger partial charge >= 0.3 is 5.97 Å². The molecule has 0 saturated heterocycles. The highest BCUT2D eigenvalue weighted by molar-refractivity contribution is 7.90. The number of carboxylic acids is 1. The van der Waals surface area contributed by atoms with Crippen molar-refractivity contribution in [1.29, 1.82) is 0 Å². The largest absolute Gasteiger partial charge is 0.481 e. The minimum Gasteiger partial charge on any atom is -0.481 e. The number of rotatable bonds is 6. The first kappa shape index (κ1) is 15.2. The average molecular weight is 285 g/mol. The molecule has 1 rings (SSSR count). The molecule has 7 heteroatoms. The van der Waals surface area contributed by atoms with Gasteiger partial charge in [-0.3, -0.25) is 9.59 Å². The molecule has 0 aliphatic heterocycles. The van der Waals surface area contributed by atoms with Gasteiger partial charge < -0.3 is 10.8 Å². The standard InChI is InChI=1S/C12H15NO5S/c1-8-6-9(12(13)16)2-3-10(8)7-19(17,18)5-4-11(14)15/h2-3,6H,4-5,7H2,1H3,(H2,13,16)(H,14,15). The quantitative estimate of drug-likeness (QED) is 0.789. The van der Waals surface area contributed by atoms with E-state index in [1.54, 1.807) is 6.92 Å². The molecule has 3 N–H and O–H groups in total. The molecule has 0 aliphatic carbocycles. The van der Waals surface area contributed by atoms with Crippen molar-refractivity contribution in [1.82, 2.24) is 0 Å². The lowest BCUT2D eigenvalue weighted by molar-refractivity contribution is -0.136. The van der Waals surface area contributed by atoms with Crippen LogP contribution in [0.15, 0.2) is 18.2 Å². The summed E-state index contributed by atoms with van der Waals surface area (Å²) < 4.78 is 23.4. The second-order valence-electron chi connectivity index (χ2n) is 4.24. The van der Waals surface area contributed by atoms with Crippen LogP contribution in [0.1, 0.15) is 27.9 Å². The van der Waals surface area contributed by atoms with E-state index < -0.39 is 33.9 Å². The minimum atomic E-state index is -3.48. The number of aryl methyl sites for hydroxylation is 1. The molecule has 1 aromatic rings. The Morgan fingerprint density at radius 1 is 1.32 bits per heavy atom. The number of carbonyl (C=O) groups is 2. The molecule has 0 aliphatic rings. The Balaban J connectivity index is 2.88. The number of hydrogen-bond donors (Lipinski definition) is 2. The van der Waals surface area contributed by atoms with Crippen LogP contribution in [-0.4, -0.2) is 31.2 Å². The molecule has 0 bridgehead atoms. The Morgan fingerprint density at radius 3 is 2.42 bits per heavy atom. The zero-order valence-corrected chi connectivity index (χ0v) is 11.2. The molecule has 0 fully saturated rings. The van der Waals surface area contributed by atoms with E-state index in [4.69, 9.17) is 10.8 Å².